The molecule has 0 aromatic rings. The molecule has 0 bridgehead atoms. The maximum atomic E-state index is 8.35. The molecule has 0 aromatic heterocycles. The lowest BCUT2D eigenvalue weighted by atomic mass is 10.1. The van der Waals surface area contributed by atoms with Gasteiger partial charge in [-0.3, -0.25) is 0 Å². The molecule has 2 N–H and O–H groups in total. The van der Waals surface area contributed by atoms with Crippen molar-refractivity contribution < 1.29 is 5.21 Å². The third kappa shape index (κ3) is 2.26. The molecule has 0 spiro atoms. The van der Waals surface area contributed by atoms with Crippen LogP contribution in [0, 0.1) is 0 Å². The van der Waals surface area contributed by atoms with E-state index in [9.17, 15) is 0 Å². The summed E-state index contributed by atoms with van der Waals surface area (Å²) in [5, 5.41) is 9.96. The smallest absolute Gasteiger partial charge is 0.0288 e. The Kier molecular flexibility index (Phi) is 2.40. The maximum Gasteiger partial charge on any atom is 0.0288 e. The van der Waals surface area contributed by atoms with Gasteiger partial charge >= 0.3 is 0 Å². The summed E-state index contributed by atoms with van der Waals surface area (Å²) in [6.07, 6.45) is 0. The Hall–Kier alpha value is -0.120. The SMILES string of the molecule is CN(NO)C(C)(C)C. The zero-order chi connectivity index (χ0) is 6.78. The van der Waals surface area contributed by atoms with Gasteiger partial charge in [0, 0.05) is 12.6 Å². The van der Waals surface area contributed by atoms with E-state index in [4.69, 9.17) is 5.21 Å². The molecule has 3 nitrogen and oxygen atoms in total. The van der Waals surface area contributed by atoms with Crippen molar-refractivity contribution in [1.29, 1.82) is 0 Å². The molecule has 0 unspecified atom stereocenters. The van der Waals surface area contributed by atoms with E-state index in [1.807, 2.05) is 26.4 Å². The Bertz CT molecular complexity index is 67.3. The Labute approximate surface area is 50.2 Å². The molecule has 0 atom stereocenters. The van der Waals surface area contributed by atoms with Crippen LogP contribution < -0.4 is 5.59 Å². The van der Waals surface area contributed by atoms with Gasteiger partial charge in [-0.05, 0) is 20.8 Å². The van der Waals surface area contributed by atoms with E-state index in [-0.39, 0.29) is 5.54 Å². The molecule has 50 valence electrons. The average Bonchev–Trinajstić information content (AvgIpc) is 1.62. The number of hydrogen-bond donors (Lipinski definition) is 2. The van der Waals surface area contributed by atoms with Crippen LogP contribution in [0.15, 0.2) is 0 Å². The van der Waals surface area contributed by atoms with E-state index in [1.54, 1.807) is 12.1 Å². The number of nitrogens with one attached hydrogen (secondary N) is 1. The van der Waals surface area contributed by atoms with Crippen molar-refractivity contribution >= 4 is 0 Å². The van der Waals surface area contributed by atoms with E-state index in [2.05, 4.69) is 0 Å². The number of nitrogens with zero attached hydrogens (tertiary/aromatic N) is 1. The number of rotatable bonds is 1. The summed E-state index contributed by atoms with van der Waals surface area (Å²) in [6.45, 7) is 5.99. The summed E-state index contributed by atoms with van der Waals surface area (Å²) in [6, 6.07) is 0. The molecular formula is C5H14N2O. The highest BCUT2D eigenvalue weighted by Gasteiger charge is 2.14. The fraction of sp³-hybridized carbons (Fsp3) is 1.00. The molecule has 8 heavy (non-hydrogen) atoms. The monoisotopic (exact) mass is 118 g/mol. The molecule has 0 saturated heterocycles. The fourth-order valence-electron chi connectivity index (χ4n) is 0.150. The summed E-state index contributed by atoms with van der Waals surface area (Å²) in [4.78, 5) is 0. The van der Waals surface area contributed by atoms with Gasteiger partial charge in [-0.1, -0.05) is 0 Å². The van der Waals surface area contributed by atoms with Crippen LogP contribution in [-0.4, -0.2) is 22.8 Å². The largest absolute Gasteiger partial charge is 0.302 e. The maximum absolute atomic E-state index is 8.35. The number of hydrazine groups is 1. The van der Waals surface area contributed by atoms with Gasteiger partial charge < -0.3 is 5.21 Å². The van der Waals surface area contributed by atoms with Crippen molar-refractivity contribution in [3.63, 3.8) is 0 Å². The van der Waals surface area contributed by atoms with Crippen LogP contribution in [0.2, 0.25) is 0 Å². The van der Waals surface area contributed by atoms with Crippen LogP contribution in [0.3, 0.4) is 0 Å². The van der Waals surface area contributed by atoms with Crippen molar-refractivity contribution in [3.05, 3.63) is 0 Å². The summed E-state index contributed by atoms with van der Waals surface area (Å²) < 4.78 is 0. The molecular weight excluding hydrogens is 104 g/mol. The van der Waals surface area contributed by atoms with Gasteiger partial charge in [-0.2, -0.15) is 0 Å². The van der Waals surface area contributed by atoms with Crippen molar-refractivity contribution in [3.8, 4) is 0 Å². The minimum atomic E-state index is -0.0191. The summed E-state index contributed by atoms with van der Waals surface area (Å²) in [5.41, 5.74) is 2.02. The predicted octanol–water partition coefficient (Wildman–Crippen LogP) is 0.610. The second-order valence-electron chi connectivity index (χ2n) is 2.83. The van der Waals surface area contributed by atoms with Crippen molar-refractivity contribution in [2.75, 3.05) is 7.05 Å². The summed E-state index contributed by atoms with van der Waals surface area (Å²) in [5.74, 6) is 0. The van der Waals surface area contributed by atoms with Gasteiger partial charge in [0.1, 0.15) is 0 Å². The second-order valence-corrected chi connectivity index (χ2v) is 2.83. The van der Waals surface area contributed by atoms with Crippen molar-refractivity contribution in [1.82, 2.24) is 10.6 Å². The highest BCUT2D eigenvalue weighted by Crippen LogP contribution is 2.05. The third-order valence-electron chi connectivity index (χ3n) is 1.16. The van der Waals surface area contributed by atoms with Crippen molar-refractivity contribution in [2.45, 2.75) is 26.3 Å². The Morgan fingerprint density at radius 1 is 1.38 bits per heavy atom. The molecule has 0 fully saturated rings. The number of hydrogen-bond acceptors (Lipinski definition) is 3. The summed E-state index contributed by atoms with van der Waals surface area (Å²) in [7, 11) is 1.78. The van der Waals surface area contributed by atoms with Gasteiger partial charge in [0.25, 0.3) is 0 Å². The highest BCUT2D eigenvalue weighted by atomic mass is 16.5. The minimum Gasteiger partial charge on any atom is -0.302 e. The lowest BCUT2D eigenvalue weighted by Gasteiger charge is -2.29. The average molecular weight is 118 g/mol. The summed E-state index contributed by atoms with van der Waals surface area (Å²) >= 11 is 0. The van der Waals surface area contributed by atoms with Gasteiger partial charge in [-0.15, -0.1) is 5.59 Å². The third-order valence-corrected chi connectivity index (χ3v) is 1.16. The van der Waals surface area contributed by atoms with E-state index < -0.39 is 0 Å². The van der Waals surface area contributed by atoms with Crippen LogP contribution in [-0.2, 0) is 0 Å². The molecule has 0 rings (SSSR count). The van der Waals surface area contributed by atoms with Crippen LogP contribution in [0.25, 0.3) is 0 Å². The molecule has 0 aliphatic carbocycles. The molecule has 0 heterocycles. The molecule has 0 aromatic carbocycles. The van der Waals surface area contributed by atoms with E-state index in [1.165, 1.54) is 0 Å². The molecule has 0 radical (unpaired) electrons. The van der Waals surface area contributed by atoms with E-state index in [0.717, 1.165) is 0 Å². The first-order valence-corrected chi connectivity index (χ1v) is 2.62. The van der Waals surface area contributed by atoms with Crippen LogP contribution in [0.4, 0.5) is 0 Å². The molecule has 0 aliphatic rings. The highest BCUT2D eigenvalue weighted by molar-refractivity contribution is 4.66. The van der Waals surface area contributed by atoms with Gasteiger partial charge in [0.05, 0.1) is 0 Å². The van der Waals surface area contributed by atoms with Crippen LogP contribution in [0.5, 0.6) is 0 Å². The van der Waals surface area contributed by atoms with E-state index in [0.29, 0.717) is 0 Å². The fourth-order valence-corrected chi connectivity index (χ4v) is 0.150. The van der Waals surface area contributed by atoms with Gasteiger partial charge in [-0.25, -0.2) is 5.01 Å². The molecule has 3 heteroatoms. The van der Waals surface area contributed by atoms with Gasteiger partial charge in [0.2, 0.25) is 0 Å². The van der Waals surface area contributed by atoms with E-state index >= 15 is 0 Å². The quantitative estimate of drug-likeness (QED) is 0.495. The zero-order valence-corrected chi connectivity index (χ0v) is 5.89. The lowest BCUT2D eigenvalue weighted by Crippen LogP contribution is -2.45. The Balaban J connectivity index is 3.62. The van der Waals surface area contributed by atoms with Crippen molar-refractivity contribution in [2.24, 2.45) is 0 Å². The first kappa shape index (κ1) is 7.88. The minimum absolute atomic E-state index is 0.0191. The van der Waals surface area contributed by atoms with Crippen LogP contribution >= 0.6 is 0 Å². The zero-order valence-electron chi connectivity index (χ0n) is 5.89. The predicted molar refractivity (Wildman–Crippen MR) is 32.4 cm³/mol. The Morgan fingerprint density at radius 2 is 1.75 bits per heavy atom. The topological polar surface area (TPSA) is 35.5 Å². The molecule has 0 amide bonds. The normalized spacial score (nSPS) is 12.8. The Morgan fingerprint density at radius 3 is 1.75 bits per heavy atom. The van der Waals surface area contributed by atoms with Crippen LogP contribution in [0.1, 0.15) is 20.8 Å². The second kappa shape index (κ2) is 2.44. The first-order chi connectivity index (χ1) is 3.48. The standard InChI is InChI=1S/C5H14N2O/c1-5(2,3)7(4)6-8/h6,8H,1-4H3. The molecule has 0 saturated carbocycles. The first-order valence-electron chi connectivity index (χ1n) is 2.62. The lowest BCUT2D eigenvalue weighted by molar-refractivity contribution is -0.0538. The van der Waals surface area contributed by atoms with Gasteiger partial charge in [0.15, 0.2) is 0 Å². The molecule has 0 aliphatic heterocycles.